The van der Waals surface area contributed by atoms with Gasteiger partial charge >= 0.3 is 11.9 Å². The van der Waals surface area contributed by atoms with Crippen LogP contribution in [0.15, 0.2) is 48.5 Å². The fraction of sp³-hybridized carbons (Fsp3) is 0.300. The first-order chi connectivity index (χ1) is 12.6. The van der Waals surface area contributed by atoms with Crippen LogP contribution in [0.5, 0.6) is 11.5 Å². The summed E-state index contributed by atoms with van der Waals surface area (Å²) in [5.41, 5.74) is 0.984. The normalized spacial score (nSPS) is 10.1. The molecule has 0 heterocycles. The number of benzene rings is 2. The smallest absolute Gasteiger partial charge is 0.337 e. The summed E-state index contributed by atoms with van der Waals surface area (Å²) >= 11 is 0. The summed E-state index contributed by atoms with van der Waals surface area (Å²) in [6.45, 7) is 1.12. The number of carbonyl (C=O) groups is 2. The molecule has 0 aromatic heterocycles. The molecule has 0 fully saturated rings. The number of rotatable bonds is 9. The van der Waals surface area contributed by atoms with Crippen LogP contribution in [-0.4, -0.2) is 39.4 Å². The van der Waals surface area contributed by atoms with E-state index in [4.69, 9.17) is 9.47 Å². The quantitative estimate of drug-likeness (QED) is 0.505. The molecule has 0 spiro atoms. The molecule has 0 unspecified atom stereocenters. The topological polar surface area (TPSA) is 71.1 Å². The fourth-order valence-electron chi connectivity index (χ4n) is 2.19. The van der Waals surface area contributed by atoms with Crippen LogP contribution in [0.4, 0.5) is 0 Å². The number of hydrogen-bond donors (Lipinski definition) is 0. The summed E-state index contributed by atoms with van der Waals surface area (Å²) in [6, 6.07) is 13.6. The van der Waals surface area contributed by atoms with E-state index in [1.165, 1.54) is 14.2 Å². The molecule has 0 saturated heterocycles. The van der Waals surface area contributed by atoms with Gasteiger partial charge in [-0.05, 0) is 61.4 Å². The first-order valence-corrected chi connectivity index (χ1v) is 8.26. The highest BCUT2D eigenvalue weighted by Gasteiger charge is 2.05. The second-order valence-corrected chi connectivity index (χ2v) is 5.44. The minimum Gasteiger partial charge on any atom is -0.494 e. The Bertz CT molecular complexity index is 643. The van der Waals surface area contributed by atoms with Crippen LogP contribution in [0.2, 0.25) is 0 Å². The van der Waals surface area contributed by atoms with Crippen molar-refractivity contribution < 1.29 is 28.5 Å². The van der Waals surface area contributed by atoms with Crippen LogP contribution in [0.1, 0.15) is 33.6 Å². The van der Waals surface area contributed by atoms with E-state index >= 15 is 0 Å². The lowest BCUT2D eigenvalue weighted by molar-refractivity contribution is 0.0591. The average molecular weight is 358 g/mol. The van der Waals surface area contributed by atoms with E-state index in [1.807, 2.05) is 0 Å². The predicted molar refractivity (Wildman–Crippen MR) is 95.8 cm³/mol. The van der Waals surface area contributed by atoms with Gasteiger partial charge in [0.1, 0.15) is 11.5 Å². The molecule has 0 aliphatic rings. The molecular formula is C20H22O6. The lowest BCUT2D eigenvalue weighted by Crippen LogP contribution is -2.04. The molecule has 2 aromatic carbocycles. The minimum absolute atomic E-state index is 0.367. The Morgan fingerprint density at radius 2 is 1.00 bits per heavy atom. The summed E-state index contributed by atoms with van der Waals surface area (Å²) in [7, 11) is 2.70. The number of unbranched alkanes of at least 4 members (excludes halogenated alkanes) is 1. The molecule has 0 N–H and O–H groups in total. The minimum atomic E-state index is -0.367. The molecule has 0 aliphatic heterocycles. The van der Waals surface area contributed by atoms with E-state index in [1.54, 1.807) is 48.5 Å². The third-order valence-corrected chi connectivity index (χ3v) is 3.63. The Balaban J connectivity index is 1.63. The number of hydrogen-bond acceptors (Lipinski definition) is 6. The van der Waals surface area contributed by atoms with Crippen molar-refractivity contribution in [3.05, 3.63) is 59.7 Å². The Morgan fingerprint density at radius 1 is 0.654 bits per heavy atom. The number of ether oxygens (including phenoxy) is 4. The van der Waals surface area contributed by atoms with Crippen LogP contribution in [0.3, 0.4) is 0 Å². The Labute approximate surface area is 152 Å². The van der Waals surface area contributed by atoms with Gasteiger partial charge in [0.2, 0.25) is 0 Å². The van der Waals surface area contributed by atoms with Crippen LogP contribution in [-0.2, 0) is 9.47 Å². The molecule has 6 nitrogen and oxygen atoms in total. The third kappa shape index (κ3) is 5.81. The molecule has 26 heavy (non-hydrogen) atoms. The molecule has 6 heteroatoms. The second kappa shape index (κ2) is 10.1. The van der Waals surface area contributed by atoms with E-state index in [2.05, 4.69) is 9.47 Å². The van der Waals surface area contributed by atoms with Gasteiger partial charge in [0.05, 0.1) is 38.6 Å². The number of esters is 2. The summed E-state index contributed by atoms with van der Waals surface area (Å²) in [4.78, 5) is 22.7. The Morgan fingerprint density at radius 3 is 1.31 bits per heavy atom. The van der Waals surface area contributed by atoms with E-state index in [9.17, 15) is 9.59 Å². The van der Waals surface area contributed by atoms with Gasteiger partial charge in [-0.3, -0.25) is 0 Å². The predicted octanol–water partition coefficient (Wildman–Crippen LogP) is 3.50. The molecule has 2 aromatic rings. The molecule has 2 rings (SSSR count). The lowest BCUT2D eigenvalue weighted by Gasteiger charge is -2.08. The summed E-state index contributed by atoms with van der Waals surface area (Å²) in [5, 5.41) is 0. The molecule has 138 valence electrons. The summed E-state index contributed by atoms with van der Waals surface area (Å²) in [6.07, 6.45) is 1.66. The number of carbonyl (C=O) groups excluding carboxylic acids is 2. The molecular weight excluding hydrogens is 336 g/mol. The van der Waals surface area contributed by atoms with Crippen molar-refractivity contribution in [1.82, 2.24) is 0 Å². The maximum Gasteiger partial charge on any atom is 0.337 e. The molecule has 0 bridgehead atoms. The fourth-order valence-corrected chi connectivity index (χ4v) is 2.19. The van der Waals surface area contributed by atoms with Crippen molar-refractivity contribution in [3.63, 3.8) is 0 Å². The van der Waals surface area contributed by atoms with Gasteiger partial charge in [0.25, 0.3) is 0 Å². The van der Waals surface area contributed by atoms with Gasteiger partial charge in [0, 0.05) is 0 Å². The third-order valence-electron chi connectivity index (χ3n) is 3.63. The van der Waals surface area contributed by atoms with Crippen LogP contribution >= 0.6 is 0 Å². The van der Waals surface area contributed by atoms with Crippen LogP contribution in [0.25, 0.3) is 0 Å². The molecule has 0 radical (unpaired) electrons. The highest BCUT2D eigenvalue weighted by atomic mass is 16.5. The zero-order valence-electron chi connectivity index (χ0n) is 14.9. The average Bonchev–Trinajstić information content (AvgIpc) is 2.70. The molecule has 0 amide bonds. The maximum absolute atomic E-state index is 11.3. The van der Waals surface area contributed by atoms with Gasteiger partial charge in [0.15, 0.2) is 0 Å². The number of methoxy groups -OCH3 is 2. The highest BCUT2D eigenvalue weighted by molar-refractivity contribution is 5.89. The van der Waals surface area contributed by atoms with Crippen molar-refractivity contribution in [1.29, 1.82) is 0 Å². The van der Waals surface area contributed by atoms with Crippen molar-refractivity contribution >= 4 is 11.9 Å². The van der Waals surface area contributed by atoms with Gasteiger partial charge in [-0.25, -0.2) is 9.59 Å². The molecule has 0 saturated carbocycles. The monoisotopic (exact) mass is 358 g/mol. The van der Waals surface area contributed by atoms with Gasteiger partial charge in [-0.1, -0.05) is 0 Å². The van der Waals surface area contributed by atoms with Gasteiger partial charge < -0.3 is 18.9 Å². The van der Waals surface area contributed by atoms with Gasteiger partial charge in [-0.2, -0.15) is 0 Å². The van der Waals surface area contributed by atoms with Crippen molar-refractivity contribution in [2.75, 3.05) is 27.4 Å². The molecule has 0 aliphatic carbocycles. The van der Waals surface area contributed by atoms with Crippen molar-refractivity contribution in [3.8, 4) is 11.5 Å². The summed E-state index contributed by atoms with van der Waals surface area (Å²) < 4.78 is 20.5. The summed E-state index contributed by atoms with van der Waals surface area (Å²) in [5.74, 6) is 0.676. The van der Waals surface area contributed by atoms with Crippen molar-refractivity contribution in [2.24, 2.45) is 0 Å². The second-order valence-electron chi connectivity index (χ2n) is 5.44. The van der Waals surface area contributed by atoms with E-state index < -0.39 is 0 Å². The van der Waals surface area contributed by atoms with E-state index in [0.29, 0.717) is 35.8 Å². The largest absolute Gasteiger partial charge is 0.494 e. The maximum atomic E-state index is 11.3. The van der Waals surface area contributed by atoms with E-state index in [0.717, 1.165) is 12.8 Å². The Kier molecular flexibility index (Phi) is 7.49. The van der Waals surface area contributed by atoms with Crippen LogP contribution in [0, 0.1) is 0 Å². The van der Waals surface area contributed by atoms with Crippen molar-refractivity contribution in [2.45, 2.75) is 12.8 Å². The zero-order chi connectivity index (χ0) is 18.8. The first-order valence-electron chi connectivity index (χ1n) is 8.26. The van der Waals surface area contributed by atoms with Crippen LogP contribution < -0.4 is 9.47 Å². The lowest BCUT2D eigenvalue weighted by atomic mass is 10.2. The first kappa shape index (κ1) is 19.3. The standard InChI is InChI=1S/C20H22O6/c1-23-19(21)15-5-9-17(10-6-15)25-13-3-4-14-26-18-11-7-16(8-12-18)20(22)24-2/h5-12H,3-4,13-14H2,1-2H3. The zero-order valence-corrected chi connectivity index (χ0v) is 14.9. The van der Waals surface area contributed by atoms with E-state index in [-0.39, 0.29) is 11.9 Å². The SMILES string of the molecule is COC(=O)c1ccc(OCCCCOc2ccc(C(=O)OC)cc2)cc1. The molecule has 0 atom stereocenters. The van der Waals surface area contributed by atoms with Gasteiger partial charge in [-0.15, -0.1) is 0 Å². The Hall–Kier alpha value is -3.02. The highest BCUT2D eigenvalue weighted by Crippen LogP contribution is 2.15.